The van der Waals surface area contributed by atoms with Gasteiger partial charge in [0.05, 0.1) is 16.8 Å². The molecule has 0 aliphatic carbocycles. The monoisotopic (exact) mass is 427 g/mol. The average Bonchev–Trinajstić information content (AvgIpc) is 3.45. The summed E-state index contributed by atoms with van der Waals surface area (Å²) in [5.74, 6) is -0.419. The van der Waals surface area contributed by atoms with Crippen molar-refractivity contribution >= 4 is 22.8 Å². The molecular formula is C25H18FN3O3. The minimum absolute atomic E-state index is 0.199. The first kappa shape index (κ1) is 19.8. The molecule has 1 saturated heterocycles. The molecule has 1 aliphatic heterocycles. The lowest BCUT2D eigenvalue weighted by molar-refractivity contribution is 0.0697. The fourth-order valence-electron chi connectivity index (χ4n) is 4.09. The Morgan fingerprint density at radius 3 is 2.62 bits per heavy atom. The number of nitriles is 1. The van der Waals surface area contributed by atoms with Crippen LogP contribution in [0.25, 0.3) is 33.6 Å². The maximum absolute atomic E-state index is 13.6. The molecule has 0 unspecified atom stereocenters. The molecule has 1 N–H and O–H groups in total. The Labute approximate surface area is 183 Å². The van der Waals surface area contributed by atoms with Crippen LogP contribution in [0.15, 0.2) is 65.2 Å². The second-order valence-corrected chi connectivity index (χ2v) is 7.74. The second kappa shape index (κ2) is 7.82. The van der Waals surface area contributed by atoms with Crippen molar-refractivity contribution in [1.29, 1.82) is 5.26 Å². The Hall–Kier alpha value is -4.18. The molecular weight excluding hydrogens is 409 g/mol. The van der Waals surface area contributed by atoms with E-state index in [4.69, 9.17) is 9.52 Å². The molecule has 1 atom stereocenters. The number of halogens is 1. The number of carbonyl (C=O) groups is 1. The van der Waals surface area contributed by atoms with E-state index in [-0.39, 0.29) is 5.56 Å². The van der Waals surface area contributed by atoms with Crippen LogP contribution in [0.4, 0.5) is 10.1 Å². The first-order valence-corrected chi connectivity index (χ1v) is 10.2. The lowest BCUT2D eigenvalue weighted by Gasteiger charge is -2.19. The van der Waals surface area contributed by atoms with E-state index in [9.17, 15) is 14.4 Å². The van der Waals surface area contributed by atoms with Gasteiger partial charge in [-0.1, -0.05) is 18.2 Å². The van der Waals surface area contributed by atoms with E-state index in [1.807, 2.05) is 23.1 Å². The minimum atomic E-state index is -0.988. The summed E-state index contributed by atoms with van der Waals surface area (Å²) < 4.78 is 19.7. The van der Waals surface area contributed by atoms with Gasteiger partial charge in [0, 0.05) is 36.5 Å². The first-order chi connectivity index (χ1) is 15.5. The van der Waals surface area contributed by atoms with Gasteiger partial charge in [-0.25, -0.2) is 9.18 Å². The van der Waals surface area contributed by atoms with Crippen LogP contribution in [-0.2, 0) is 0 Å². The summed E-state index contributed by atoms with van der Waals surface area (Å²) in [6.45, 7) is 0.895. The zero-order chi connectivity index (χ0) is 22.2. The summed E-state index contributed by atoms with van der Waals surface area (Å²) >= 11 is 0. The Morgan fingerprint density at radius 1 is 1.16 bits per heavy atom. The minimum Gasteiger partial charge on any atom is -0.478 e. The number of aromatic nitrogens is 1. The highest BCUT2D eigenvalue weighted by Gasteiger charge is 2.24. The van der Waals surface area contributed by atoms with Crippen molar-refractivity contribution in [2.24, 2.45) is 0 Å². The fraction of sp³-hybridized carbons (Fsp3) is 0.160. The number of furan rings is 1. The van der Waals surface area contributed by atoms with Crippen molar-refractivity contribution in [1.82, 2.24) is 4.98 Å². The standard InChI is InChI=1S/C25H18FN3O3/c26-19-8-10-29(14-19)22-6-5-17(11-18(22)13-27)20-7-9-28-21-12-23(32-24(20)21)15-1-3-16(4-2-15)25(30)31/h1-7,9,11-12,19H,8,10,14H2,(H,30,31)/t19-/m0/s1. The van der Waals surface area contributed by atoms with Crippen LogP contribution < -0.4 is 4.90 Å². The van der Waals surface area contributed by atoms with Gasteiger partial charge in [0.1, 0.15) is 23.5 Å². The third-order valence-electron chi connectivity index (χ3n) is 5.73. The number of nitrogens with zero attached hydrogens (tertiary/aromatic N) is 3. The number of pyridine rings is 1. The van der Waals surface area contributed by atoms with Gasteiger partial charge in [0.25, 0.3) is 0 Å². The molecule has 3 heterocycles. The largest absolute Gasteiger partial charge is 0.478 e. The number of hydrogen-bond donors (Lipinski definition) is 1. The first-order valence-electron chi connectivity index (χ1n) is 10.2. The van der Waals surface area contributed by atoms with Gasteiger partial charge < -0.3 is 14.4 Å². The van der Waals surface area contributed by atoms with Gasteiger partial charge in [-0.15, -0.1) is 0 Å². The van der Waals surface area contributed by atoms with Gasteiger partial charge >= 0.3 is 5.97 Å². The molecule has 1 aliphatic rings. The quantitative estimate of drug-likeness (QED) is 0.477. The van der Waals surface area contributed by atoms with Gasteiger partial charge in [0.15, 0.2) is 5.58 Å². The molecule has 0 saturated carbocycles. The maximum Gasteiger partial charge on any atom is 0.335 e. The van der Waals surface area contributed by atoms with Gasteiger partial charge in [-0.3, -0.25) is 4.98 Å². The van der Waals surface area contributed by atoms with Crippen molar-refractivity contribution in [3.05, 3.63) is 71.9 Å². The topological polar surface area (TPSA) is 90.4 Å². The van der Waals surface area contributed by atoms with Crippen LogP contribution in [0, 0.1) is 11.3 Å². The van der Waals surface area contributed by atoms with Gasteiger partial charge in [0.2, 0.25) is 0 Å². The van der Waals surface area contributed by atoms with Crippen LogP contribution in [0.1, 0.15) is 22.3 Å². The molecule has 0 bridgehead atoms. The number of carboxylic acids is 1. The molecule has 5 rings (SSSR count). The number of aromatic carboxylic acids is 1. The molecule has 1 fully saturated rings. The van der Waals surface area contributed by atoms with Gasteiger partial charge in [-0.2, -0.15) is 5.26 Å². The molecule has 0 spiro atoms. The number of anilines is 1. The van der Waals surface area contributed by atoms with Gasteiger partial charge in [-0.05, 0) is 42.3 Å². The lowest BCUT2D eigenvalue weighted by atomic mass is 10.0. The Balaban J connectivity index is 1.55. The van der Waals surface area contributed by atoms with E-state index in [0.29, 0.717) is 41.9 Å². The van der Waals surface area contributed by atoms with Crippen LogP contribution in [0.2, 0.25) is 0 Å². The van der Waals surface area contributed by atoms with E-state index in [0.717, 1.165) is 22.4 Å². The third kappa shape index (κ3) is 3.46. The van der Waals surface area contributed by atoms with Crippen molar-refractivity contribution in [2.75, 3.05) is 18.0 Å². The SMILES string of the molecule is N#Cc1cc(-c2ccnc3cc(-c4ccc(C(=O)O)cc4)oc23)ccc1N1CC[C@H](F)C1. The van der Waals surface area contributed by atoms with E-state index < -0.39 is 12.1 Å². The zero-order valence-electron chi connectivity index (χ0n) is 17.0. The fourth-order valence-corrected chi connectivity index (χ4v) is 4.09. The highest BCUT2D eigenvalue weighted by Crippen LogP contribution is 2.36. The van der Waals surface area contributed by atoms with Crippen molar-refractivity contribution < 1.29 is 18.7 Å². The summed E-state index contributed by atoms with van der Waals surface area (Å²) in [7, 11) is 0. The van der Waals surface area contributed by atoms with Crippen LogP contribution in [-0.4, -0.2) is 35.3 Å². The summed E-state index contributed by atoms with van der Waals surface area (Å²) in [5, 5.41) is 18.8. The predicted molar refractivity (Wildman–Crippen MR) is 118 cm³/mol. The Kier molecular flexibility index (Phi) is 4.83. The molecule has 2 aromatic heterocycles. The predicted octanol–water partition coefficient (Wildman–Crippen LogP) is 5.28. The molecule has 2 aromatic carbocycles. The smallest absolute Gasteiger partial charge is 0.335 e. The van der Waals surface area contributed by atoms with E-state index in [1.165, 1.54) is 12.1 Å². The molecule has 158 valence electrons. The van der Waals surface area contributed by atoms with Crippen molar-refractivity contribution in [3.8, 4) is 28.5 Å². The summed E-state index contributed by atoms with van der Waals surface area (Å²) in [6.07, 6.45) is 1.28. The lowest BCUT2D eigenvalue weighted by Crippen LogP contribution is -2.20. The number of rotatable bonds is 4. The molecule has 6 nitrogen and oxygen atoms in total. The van der Waals surface area contributed by atoms with E-state index in [1.54, 1.807) is 30.5 Å². The van der Waals surface area contributed by atoms with Crippen LogP contribution in [0.5, 0.6) is 0 Å². The number of fused-ring (bicyclic) bond motifs is 1. The molecule has 4 aromatic rings. The molecule has 0 amide bonds. The molecule has 32 heavy (non-hydrogen) atoms. The summed E-state index contributed by atoms with van der Waals surface area (Å²) in [5.41, 5.74) is 4.98. The Bertz CT molecular complexity index is 1370. The maximum atomic E-state index is 13.6. The number of alkyl halides is 1. The van der Waals surface area contributed by atoms with Crippen LogP contribution in [0.3, 0.4) is 0 Å². The normalized spacial score (nSPS) is 15.8. The highest BCUT2D eigenvalue weighted by atomic mass is 19.1. The second-order valence-electron chi connectivity index (χ2n) is 7.74. The highest BCUT2D eigenvalue weighted by molar-refractivity contribution is 5.93. The number of benzene rings is 2. The van der Waals surface area contributed by atoms with E-state index >= 15 is 0 Å². The average molecular weight is 427 g/mol. The summed E-state index contributed by atoms with van der Waals surface area (Å²) in [6, 6.07) is 17.8. The molecule has 7 heteroatoms. The Morgan fingerprint density at radius 2 is 1.94 bits per heavy atom. The van der Waals surface area contributed by atoms with Crippen LogP contribution >= 0.6 is 0 Å². The third-order valence-corrected chi connectivity index (χ3v) is 5.73. The van der Waals surface area contributed by atoms with E-state index in [2.05, 4.69) is 11.1 Å². The summed E-state index contributed by atoms with van der Waals surface area (Å²) in [4.78, 5) is 17.4. The molecule has 0 radical (unpaired) electrons. The number of carboxylic acid groups (broad SMARTS) is 1. The zero-order valence-corrected chi connectivity index (χ0v) is 17.0. The van der Waals surface area contributed by atoms with Crippen molar-refractivity contribution in [2.45, 2.75) is 12.6 Å². The number of hydrogen-bond acceptors (Lipinski definition) is 5. The van der Waals surface area contributed by atoms with Crippen molar-refractivity contribution in [3.63, 3.8) is 0 Å².